The number of rotatable bonds is 7. The van der Waals surface area contributed by atoms with Gasteiger partial charge in [0, 0.05) is 27.2 Å². The Kier molecular flexibility index (Phi) is 6.68. The molecule has 0 saturated heterocycles. The minimum atomic E-state index is -0.847. The van der Waals surface area contributed by atoms with Gasteiger partial charge in [0.15, 0.2) is 0 Å². The number of nitrogens with zero attached hydrogens (tertiary/aromatic N) is 1. The number of aryl methyl sites for hydroxylation is 1. The molecule has 1 aliphatic carbocycles. The maximum atomic E-state index is 13.0. The molecule has 1 heterocycles. The lowest BCUT2D eigenvalue weighted by Crippen LogP contribution is -2.13. The standard InChI is InChI=1S/C28H24N2O4S/c31-26(32)17-35-27-22-8-4-5-9-24(22)30-25-16-18(10-15-23(25)27)28(33)29-19-11-13-21(14-12-19)34-20-6-2-1-3-7-20/h1-3,6-7,10-16H,4-5,8-9,17H2,(H,29,33)(H,31,32). The molecule has 4 aromatic rings. The maximum Gasteiger partial charge on any atom is 0.313 e. The molecule has 6 nitrogen and oxygen atoms in total. The fourth-order valence-electron chi connectivity index (χ4n) is 4.26. The Morgan fingerprint density at radius 3 is 2.46 bits per heavy atom. The molecule has 0 saturated carbocycles. The summed E-state index contributed by atoms with van der Waals surface area (Å²) >= 11 is 1.34. The van der Waals surface area contributed by atoms with Crippen LogP contribution in [0.1, 0.15) is 34.5 Å². The lowest BCUT2D eigenvalue weighted by Gasteiger charge is -2.20. The Labute approximate surface area is 207 Å². The van der Waals surface area contributed by atoms with Crippen molar-refractivity contribution >= 4 is 40.2 Å². The minimum Gasteiger partial charge on any atom is -0.481 e. The lowest BCUT2D eigenvalue weighted by molar-refractivity contribution is -0.133. The number of aliphatic carboxylic acids is 1. The molecule has 2 N–H and O–H groups in total. The fourth-order valence-corrected chi connectivity index (χ4v) is 5.25. The number of aromatic nitrogens is 1. The molecule has 3 aromatic carbocycles. The van der Waals surface area contributed by atoms with Crippen LogP contribution in [0.2, 0.25) is 0 Å². The van der Waals surface area contributed by atoms with Gasteiger partial charge in [-0.05, 0) is 79.8 Å². The highest BCUT2D eigenvalue weighted by Gasteiger charge is 2.20. The number of carbonyl (C=O) groups is 2. The van der Waals surface area contributed by atoms with Crippen molar-refractivity contribution in [3.05, 3.63) is 89.6 Å². The first-order valence-corrected chi connectivity index (χ1v) is 12.5. The number of carboxylic acid groups (broad SMARTS) is 1. The molecular formula is C28H24N2O4S. The summed E-state index contributed by atoms with van der Waals surface area (Å²) in [5.74, 6) is 0.345. The number of amides is 1. The normalized spacial score (nSPS) is 12.7. The van der Waals surface area contributed by atoms with Crippen LogP contribution in [0.15, 0.2) is 77.7 Å². The van der Waals surface area contributed by atoms with Crippen LogP contribution < -0.4 is 10.1 Å². The van der Waals surface area contributed by atoms with Crippen LogP contribution >= 0.6 is 11.8 Å². The number of thioether (sulfide) groups is 1. The van der Waals surface area contributed by atoms with E-state index in [-0.39, 0.29) is 11.7 Å². The van der Waals surface area contributed by atoms with Crippen molar-refractivity contribution in [2.24, 2.45) is 0 Å². The molecular weight excluding hydrogens is 460 g/mol. The molecule has 0 aliphatic heterocycles. The summed E-state index contributed by atoms with van der Waals surface area (Å²) < 4.78 is 5.80. The van der Waals surface area contributed by atoms with Crippen molar-refractivity contribution in [1.82, 2.24) is 4.98 Å². The Morgan fingerprint density at radius 1 is 0.943 bits per heavy atom. The van der Waals surface area contributed by atoms with Gasteiger partial charge in [0.25, 0.3) is 5.91 Å². The van der Waals surface area contributed by atoms with Crippen molar-refractivity contribution in [2.45, 2.75) is 30.6 Å². The van der Waals surface area contributed by atoms with E-state index in [9.17, 15) is 14.7 Å². The van der Waals surface area contributed by atoms with Gasteiger partial charge in [0.2, 0.25) is 0 Å². The highest BCUT2D eigenvalue weighted by atomic mass is 32.2. The molecule has 0 bridgehead atoms. The molecule has 1 aromatic heterocycles. The Morgan fingerprint density at radius 2 is 1.69 bits per heavy atom. The third-order valence-corrected chi connectivity index (χ3v) is 7.05. The quantitative estimate of drug-likeness (QED) is 0.298. The molecule has 1 aliphatic rings. The average Bonchev–Trinajstić information content (AvgIpc) is 2.88. The maximum absolute atomic E-state index is 13.0. The fraction of sp³-hybridized carbons (Fsp3) is 0.179. The summed E-state index contributed by atoms with van der Waals surface area (Å²) in [6, 6.07) is 22.2. The van der Waals surface area contributed by atoms with E-state index in [0.29, 0.717) is 17.0 Å². The molecule has 1 amide bonds. The van der Waals surface area contributed by atoms with Crippen molar-refractivity contribution in [2.75, 3.05) is 11.1 Å². The van der Waals surface area contributed by atoms with E-state index in [2.05, 4.69) is 5.32 Å². The van der Waals surface area contributed by atoms with Crippen LogP contribution in [0.4, 0.5) is 5.69 Å². The van der Waals surface area contributed by atoms with Crippen LogP contribution in [-0.2, 0) is 17.6 Å². The number of pyridine rings is 1. The third kappa shape index (κ3) is 5.30. The molecule has 0 radical (unpaired) electrons. The number of anilines is 1. The smallest absolute Gasteiger partial charge is 0.313 e. The van der Waals surface area contributed by atoms with Gasteiger partial charge >= 0.3 is 5.97 Å². The predicted molar refractivity (Wildman–Crippen MR) is 138 cm³/mol. The van der Waals surface area contributed by atoms with Gasteiger partial charge in [-0.15, -0.1) is 11.8 Å². The zero-order chi connectivity index (χ0) is 24.2. The predicted octanol–water partition coefficient (Wildman–Crippen LogP) is 6.33. The zero-order valence-electron chi connectivity index (χ0n) is 19.0. The molecule has 0 atom stereocenters. The topological polar surface area (TPSA) is 88.5 Å². The second-order valence-corrected chi connectivity index (χ2v) is 9.37. The number of fused-ring (bicyclic) bond motifs is 2. The first-order valence-electron chi connectivity index (χ1n) is 11.5. The second-order valence-electron chi connectivity index (χ2n) is 8.38. The van der Waals surface area contributed by atoms with Crippen molar-refractivity contribution < 1.29 is 19.4 Å². The highest BCUT2D eigenvalue weighted by molar-refractivity contribution is 8.00. The van der Waals surface area contributed by atoms with Crippen molar-refractivity contribution in [3.63, 3.8) is 0 Å². The Hall–Kier alpha value is -3.84. The van der Waals surface area contributed by atoms with E-state index in [0.717, 1.165) is 58.5 Å². The summed E-state index contributed by atoms with van der Waals surface area (Å²) in [6.45, 7) is 0. The molecule has 0 fully saturated rings. The van der Waals surface area contributed by atoms with Crippen LogP contribution in [0.5, 0.6) is 11.5 Å². The zero-order valence-corrected chi connectivity index (χ0v) is 19.8. The molecule has 0 unspecified atom stereocenters. The molecule has 5 rings (SSSR count). The van der Waals surface area contributed by atoms with E-state index in [4.69, 9.17) is 9.72 Å². The highest BCUT2D eigenvalue weighted by Crippen LogP contribution is 2.36. The Bertz CT molecular complexity index is 1390. The van der Waals surface area contributed by atoms with Crippen molar-refractivity contribution in [1.29, 1.82) is 0 Å². The molecule has 35 heavy (non-hydrogen) atoms. The molecule has 7 heteroatoms. The summed E-state index contributed by atoms with van der Waals surface area (Å²) in [5, 5.41) is 13.0. The lowest BCUT2D eigenvalue weighted by atomic mass is 9.94. The van der Waals surface area contributed by atoms with Gasteiger partial charge in [0.1, 0.15) is 11.5 Å². The Balaban J connectivity index is 1.36. The first kappa shape index (κ1) is 22.9. The van der Waals surface area contributed by atoms with Crippen LogP contribution in [-0.4, -0.2) is 27.7 Å². The molecule has 0 spiro atoms. The van der Waals surface area contributed by atoms with E-state index < -0.39 is 5.97 Å². The largest absolute Gasteiger partial charge is 0.481 e. The van der Waals surface area contributed by atoms with E-state index in [1.807, 2.05) is 48.5 Å². The van der Waals surface area contributed by atoms with E-state index in [1.165, 1.54) is 11.8 Å². The molecule has 176 valence electrons. The number of nitrogens with one attached hydrogen (secondary N) is 1. The van der Waals surface area contributed by atoms with Gasteiger partial charge in [0.05, 0.1) is 11.3 Å². The number of hydrogen-bond acceptors (Lipinski definition) is 5. The van der Waals surface area contributed by atoms with Gasteiger partial charge in [-0.1, -0.05) is 24.3 Å². The second kappa shape index (κ2) is 10.2. The van der Waals surface area contributed by atoms with Gasteiger partial charge in [-0.3, -0.25) is 14.6 Å². The number of para-hydroxylation sites is 1. The summed E-state index contributed by atoms with van der Waals surface area (Å²) in [5.41, 5.74) is 4.05. The first-order chi connectivity index (χ1) is 17.1. The van der Waals surface area contributed by atoms with E-state index in [1.54, 1.807) is 24.3 Å². The van der Waals surface area contributed by atoms with Gasteiger partial charge in [-0.2, -0.15) is 0 Å². The monoisotopic (exact) mass is 484 g/mol. The van der Waals surface area contributed by atoms with E-state index >= 15 is 0 Å². The number of ether oxygens (including phenoxy) is 1. The van der Waals surface area contributed by atoms with Crippen LogP contribution in [0.25, 0.3) is 10.9 Å². The van der Waals surface area contributed by atoms with Crippen LogP contribution in [0, 0.1) is 0 Å². The van der Waals surface area contributed by atoms with Gasteiger partial charge < -0.3 is 15.2 Å². The summed E-state index contributed by atoms with van der Waals surface area (Å²) in [4.78, 5) is 30.0. The summed E-state index contributed by atoms with van der Waals surface area (Å²) in [7, 11) is 0. The summed E-state index contributed by atoms with van der Waals surface area (Å²) in [6.07, 6.45) is 3.93. The number of carboxylic acids is 1. The number of benzene rings is 3. The average molecular weight is 485 g/mol. The number of hydrogen-bond donors (Lipinski definition) is 2. The van der Waals surface area contributed by atoms with Crippen molar-refractivity contribution in [3.8, 4) is 11.5 Å². The number of carbonyl (C=O) groups excluding carboxylic acids is 1. The minimum absolute atomic E-state index is 0.00221. The third-order valence-electron chi connectivity index (χ3n) is 5.90. The SMILES string of the molecule is O=C(O)CSc1c2c(nc3cc(C(=O)Nc4ccc(Oc5ccccc5)cc4)ccc13)CCCC2. The van der Waals surface area contributed by atoms with Gasteiger partial charge in [-0.25, -0.2) is 0 Å². The van der Waals surface area contributed by atoms with Crippen LogP contribution in [0.3, 0.4) is 0 Å².